The van der Waals surface area contributed by atoms with Gasteiger partial charge in [-0.1, -0.05) is 0 Å². The lowest BCUT2D eigenvalue weighted by molar-refractivity contribution is -0.137. The van der Waals surface area contributed by atoms with E-state index in [-0.39, 0.29) is 36.3 Å². The number of alkyl halides is 3. The first-order chi connectivity index (χ1) is 11.4. The molecular formula is C17H22ClF3N2O2. The van der Waals surface area contributed by atoms with Crippen molar-refractivity contribution in [2.24, 2.45) is 11.3 Å². The summed E-state index contributed by atoms with van der Waals surface area (Å²) in [7, 11) is 0. The number of carbonyl (C=O) groups excluding carboxylic acids is 1. The third kappa shape index (κ3) is 4.79. The van der Waals surface area contributed by atoms with Crippen molar-refractivity contribution in [1.29, 1.82) is 0 Å². The monoisotopic (exact) mass is 378 g/mol. The number of halogens is 4. The van der Waals surface area contributed by atoms with E-state index in [2.05, 4.69) is 10.6 Å². The van der Waals surface area contributed by atoms with Gasteiger partial charge in [0, 0.05) is 5.92 Å². The van der Waals surface area contributed by atoms with Crippen molar-refractivity contribution in [2.75, 3.05) is 26.2 Å². The van der Waals surface area contributed by atoms with Gasteiger partial charge in [-0.15, -0.1) is 12.4 Å². The van der Waals surface area contributed by atoms with Gasteiger partial charge in [0.1, 0.15) is 12.4 Å². The molecular weight excluding hydrogens is 357 g/mol. The zero-order valence-corrected chi connectivity index (χ0v) is 14.5. The number of carbonyl (C=O) groups is 1. The molecule has 1 saturated carbocycles. The van der Waals surface area contributed by atoms with Gasteiger partial charge < -0.3 is 15.4 Å². The lowest BCUT2D eigenvalue weighted by atomic mass is 9.92. The summed E-state index contributed by atoms with van der Waals surface area (Å²) in [5, 5.41) is 6.16. The van der Waals surface area contributed by atoms with Crippen LogP contribution in [0.4, 0.5) is 13.2 Å². The predicted molar refractivity (Wildman–Crippen MR) is 89.8 cm³/mol. The van der Waals surface area contributed by atoms with Gasteiger partial charge in [-0.05, 0) is 62.0 Å². The van der Waals surface area contributed by atoms with Crippen LogP contribution in [-0.4, -0.2) is 32.1 Å². The Labute approximate surface area is 150 Å². The first-order valence-electron chi connectivity index (χ1n) is 8.19. The standard InChI is InChI=1S/C17H21F3N2O2.ClH/c18-17(19,20)12-1-3-13(4-2-12)24-10-9-22-15(23)14-11-16(14)5-7-21-8-6-16;/h1-4,14,21H,5-11H2,(H,22,23);1H. The molecule has 0 aromatic heterocycles. The fourth-order valence-electron chi connectivity index (χ4n) is 3.40. The van der Waals surface area contributed by atoms with Crippen LogP contribution in [0.2, 0.25) is 0 Å². The van der Waals surface area contributed by atoms with E-state index in [1.807, 2.05) is 0 Å². The Hall–Kier alpha value is -1.47. The van der Waals surface area contributed by atoms with E-state index in [4.69, 9.17) is 4.74 Å². The van der Waals surface area contributed by atoms with Crippen molar-refractivity contribution in [3.8, 4) is 5.75 Å². The number of benzene rings is 1. The Morgan fingerprint density at radius 2 is 1.88 bits per heavy atom. The highest BCUT2D eigenvalue weighted by Gasteiger charge is 2.57. The summed E-state index contributed by atoms with van der Waals surface area (Å²) in [4.78, 5) is 12.1. The SMILES string of the molecule is Cl.O=C(NCCOc1ccc(C(F)(F)F)cc1)C1CC12CCNCC2. The van der Waals surface area contributed by atoms with E-state index in [0.29, 0.717) is 12.3 Å². The maximum Gasteiger partial charge on any atom is 0.416 e. The van der Waals surface area contributed by atoms with Gasteiger partial charge in [0.15, 0.2) is 0 Å². The minimum absolute atomic E-state index is 0. The van der Waals surface area contributed by atoms with E-state index in [1.54, 1.807) is 0 Å². The molecule has 0 bridgehead atoms. The predicted octanol–water partition coefficient (Wildman–Crippen LogP) is 3.01. The van der Waals surface area contributed by atoms with Crippen LogP contribution >= 0.6 is 12.4 Å². The molecule has 1 amide bonds. The van der Waals surface area contributed by atoms with Crippen LogP contribution in [-0.2, 0) is 11.0 Å². The number of ether oxygens (including phenoxy) is 1. The molecule has 2 N–H and O–H groups in total. The van der Waals surface area contributed by atoms with E-state index in [9.17, 15) is 18.0 Å². The van der Waals surface area contributed by atoms with Gasteiger partial charge >= 0.3 is 6.18 Å². The van der Waals surface area contributed by atoms with E-state index >= 15 is 0 Å². The van der Waals surface area contributed by atoms with Gasteiger partial charge in [0.2, 0.25) is 5.91 Å². The largest absolute Gasteiger partial charge is 0.492 e. The van der Waals surface area contributed by atoms with E-state index < -0.39 is 11.7 Å². The quantitative estimate of drug-likeness (QED) is 0.774. The number of nitrogens with one attached hydrogen (secondary N) is 2. The highest BCUT2D eigenvalue weighted by molar-refractivity contribution is 5.85. The van der Waals surface area contributed by atoms with Crippen LogP contribution in [0.1, 0.15) is 24.8 Å². The lowest BCUT2D eigenvalue weighted by Crippen LogP contribution is -2.35. The molecule has 1 aromatic carbocycles. The second kappa shape index (κ2) is 7.83. The molecule has 140 valence electrons. The minimum atomic E-state index is -4.35. The van der Waals surface area contributed by atoms with Crippen LogP contribution in [0.3, 0.4) is 0 Å². The lowest BCUT2D eigenvalue weighted by Gasteiger charge is -2.23. The maximum absolute atomic E-state index is 12.5. The van der Waals surface area contributed by atoms with Gasteiger partial charge in [0.25, 0.3) is 0 Å². The second-order valence-electron chi connectivity index (χ2n) is 6.53. The van der Waals surface area contributed by atoms with Crippen molar-refractivity contribution < 1.29 is 22.7 Å². The smallest absolute Gasteiger partial charge is 0.416 e. The normalized spacial score (nSPS) is 21.3. The molecule has 1 aliphatic carbocycles. The van der Waals surface area contributed by atoms with E-state index in [0.717, 1.165) is 44.5 Å². The molecule has 1 heterocycles. The molecule has 1 unspecified atom stereocenters. The summed E-state index contributed by atoms with van der Waals surface area (Å²) in [6, 6.07) is 4.54. The Morgan fingerprint density at radius 3 is 2.48 bits per heavy atom. The molecule has 8 heteroatoms. The number of hydrogen-bond donors (Lipinski definition) is 2. The third-order valence-electron chi connectivity index (χ3n) is 4.96. The van der Waals surface area contributed by atoms with Gasteiger partial charge in [-0.2, -0.15) is 13.2 Å². The van der Waals surface area contributed by atoms with Crippen molar-refractivity contribution in [2.45, 2.75) is 25.4 Å². The van der Waals surface area contributed by atoms with Crippen molar-refractivity contribution in [3.63, 3.8) is 0 Å². The van der Waals surface area contributed by atoms with Crippen LogP contribution in [0.25, 0.3) is 0 Å². The second-order valence-corrected chi connectivity index (χ2v) is 6.53. The molecule has 1 atom stereocenters. The van der Waals surface area contributed by atoms with Gasteiger partial charge in [-0.3, -0.25) is 4.79 Å². The number of rotatable bonds is 5. The summed E-state index contributed by atoms with van der Waals surface area (Å²) < 4.78 is 42.7. The topological polar surface area (TPSA) is 50.4 Å². The van der Waals surface area contributed by atoms with Gasteiger partial charge in [0.05, 0.1) is 12.1 Å². The summed E-state index contributed by atoms with van der Waals surface area (Å²) in [5.41, 5.74) is -0.506. The third-order valence-corrected chi connectivity index (χ3v) is 4.96. The Balaban J connectivity index is 0.00000225. The Bertz CT molecular complexity index is 587. The molecule has 2 fully saturated rings. The summed E-state index contributed by atoms with van der Waals surface area (Å²) >= 11 is 0. The van der Waals surface area contributed by atoms with Crippen molar-refractivity contribution in [3.05, 3.63) is 29.8 Å². The molecule has 4 nitrogen and oxygen atoms in total. The summed E-state index contributed by atoms with van der Waals surface area (Å²) in [6.07, 6.45) is -1.29. The Morgan fingerprint density at radius 1 is 1.24 bits per heavy atom. The summed E-state index contributed by atoms with van der Waals surface area (Å²) in [6.45, 7) is 2.53. The minimum Gasteiger partial charge on any atom is -0.492 e. The molecule has 1 aromatic rings. The molecule has 1 saturated heterocycles. The average Bonchev–Trinajstić information content (AvgIpc) is 3.25. The molecule has 25 heavy (non-hydrogen) atoms. The fourth-order valence-corrected chi connectivity index (χ4v) is 3.40. The highest BCUT2D eigenvalue weighted by atomic mass is 35.5. The molecule has 2 aliphatic rings. The number of hydrogen-bond acceptors (Lipinski definition) is 3. The first-order valence-corrected chi connectivity index (χ1v) is 8.19. The zero-order valence-electron chi connectivity index (χ0n) is 13.7. The number of amides is 1. The fraction of sp³-hybridized carbons (Fsp3) is 0.588. The Kier molecular flexibility index (Phi) is 6.21. The maximum atomic E-state index is 12.5. The highest BCUT2D eigenvalue weighted by Crippen LogP contribution is 2.58. The zero-order chi connectivity index (χ0) is 17.2. The first kappa shape index (κ1) is 19.8. The van der Waals surface area contributed by atoms with Crippen molar-refractivity contribution in [1.82, 2.24) is 10.6 Å². The molecule has 3 rings (SSSR count). The van der Waals surface area contributed by atoms with Gasteiger partial charge in [-0.25, -0.2) is 0 Å². The number of piperidine rings is 1. The van der Waals surface area contributed by atoms with Crippen LogP contribution in [0.5, 0.6) is 5.75 Å². The average molecular weight is 379 g/mol. The van der Waals surface area contributed by atoms with Crippen LogP contribution in [0.15, 0.2) is 24.3 Å². The molecule has 1 spiro atoms. The van der Waals surface area contributed by atoms with Crippen molar-refractivity contribution >= 4 is 18.3 Å². The van der Waals surface area contributed by atoms with Crippen LogP contribution < -0.4 is 15.4 Å². The summed E-state index contributed by atoms with van der Waals surface area (Å²) in [5.74, 6) is 0.525. The van der Waals surface area contributed by atoms with E-state index in [1.165, 1.54) is 12.1 Å². The molecule has 1 aliphatic heterocycles. The van der Waals surface area contributed by atoms with Crippen LogP contribution in [0, 0.1) is 11.3 Å². The molecule has 0 radical (unpaired) electrons.